The molecule has 4 heteroatoms. The molecule has 1 aromatic carbocycles. The zero-order valence-electron chi connectivity index (χ0n) is 11.5. The fraction of sp³-hybridized carbons (Fsp3) is 0.533. The number of hydrogen-bond acceptors (Lipinski definition) is 3. The highest BCUT2D eigenvalue weighted by Crippen LogP contribution is 2.15. The number of aliphatic imine (C=N–C) groups is 1. The average molecular weight is 278 g/mol. The average Bonchev–Trinajstić information content (AvgIpc) is 2.48. The molecule has 1 atom stereocenters. The van der Waals surface area contributed by atoms with Gasteiger partial charge in [0.25, 0.3) is 0 Å². The van der Waals surface area contributed by atoms with E-state index in [1.165, 1.54) is 18.6 Å². The summed E-state index contributed by atoms with van der Waals surface area (Å²) < 4.78 is 5.64. The maximum atomic E-state index is 5.64. The van der Waals surface area contributed by atoms with Crippen molar-refractivity contribution in [2.75, 3.05) is 18.9 Å². The number of para-hydroxylation sites is 1. The van der Waals surface area contributed by atoms with E-state index in [-0.39, 0.29) is 0 Å². The van der Waals surface area contributed by atoms with E-state index in [2.05, 4.69) is 17.2 Å². The van der Waals surface area contributed by atoms with Crippen molar-refractivity contribution in [2.24, 2.45) is 4.99 Å². The topological polar surface area (TPSA) is 33.6 Å². The van der Waals surface area contributed by atoms with Crippen LogP contribution in [0.5, 0.6) is 5.75 Å². The summed E-state index contributed by atoms with van der Waals surface area (Å²) in [7, 11) is 0. The predicted octanol–water partition coefficient (Wildman–Crippen LogP) is 3.32. The number of benzene rings is 1. The van der Waals surface area contributed by atoms with Crippen molar-refractivity contribution in [1.82, 2.24) is 5.32 Å². The van der Waals surface area contributed by atoms with Crippen LogP contribution in [-0.2, 0) is 0 Å². The summed E-state index contributed by atoms with van der Waals surface area (Å²) in [5.41, 5.74) is 0. The Bertz CT molecular complexity index is 394. The van der Waals surface area contributed by atoms with Gasteiger partial charge in [-0.15, -0.1) is 0 Å². The highest BCUT2D eigenvalue weighted by atomic mass is 32.2. The van der Waals surface area contributed by atoms with E-state index in [9.17, 15) is 0 Å². The van der Waals surface area contributed by atoms with Gasteiger partial charge >= 0.3 is 0 Å². The first-order valence-corrected chi connectivity index (χ1v) is 7.98. The van der Waals surface area contributed by atoms with Crippen LogP contribution in [0.1, 0.15) is 26.2 Å². The Hall–Kier alpha value is -1.16. The van der Waals surface area contributed by atoms with Crippen molar-refractivity contribution in [1.29, 1.82) is 0 Å². The summed E-state index contributed by atoms with van der Waals surface area (Å²) >= 11 is 1.83. The van der Waals surface area contributed by atoms with Gasteiger partial charge in [0.2, 0.25) is 0 Å². The van der Waals surface area contributed by atoms with Crippen molar-refractivity contribution in [3.05, 3.63) is 30.3 Å². The lowest BCUT2D eigenvalue weighted by Crippen LogP contribution is -2.37. The number of amidine groups is 1. The Morgan fingerprint density at radius 1 is 1.37 bits per heavy atom. The molecule has 2 rings (SSSR count). The van der Waals surface area contributed by atoms with Gasteiger partial charge in [-0.25, -0.2) is 0 Å². The summed E-state index contributed by atoms with van der Waals surface area (Å²) in [5.74, 6) is 2.12. The van der Waals surface area contributed by atoms with Gasteiger partial charge in [0, 0.05) is 24.8 Å². The van der Waals surface area contributed by atoms with Gasteiger partial charge in [-0.1, -0.05) is 36.9 Å². The largest absolute Gasteiger partial charge is 0.494 e. The molecule has 0 spiro atoms. The van der Waals surface area contributed by atoms with Crippen molar-refractivity contribution in [2.45, 2.75) is 32.2 Å². The van der Waals surface area contributed by atoms with Gasteiger partial charge in [0.15, 0.2) is 5.17 Å². The van der Waals surface area contributed by atoms with Crippen molar-refractivity contribution in [3.8, 4) is 5.75 Å². The van der Waals surface area contributed by atoms with Crippen LogP contribution in [0.3, 0.4) is 0 Å². The molecular formula is C15H22N2OS. The number of thioether (sulfide) groups is 1. The molecule has 3 nitrogen and oxygen atoms in total. The number of ether oxygens (including phenoxy) is 1. The highest BCUT2D eigenvalue weighted by Gasteiger charge is 2.14. The molecular weight excluding hydrogens is 256 g/mol. The van der Waals surface area contributed by atoms with Crippen molar-refractivity contribution in [3.63, 3.8) is 0 Å². The lowest BCUT2D eigenvalue weighted by Gasteiger charge is -2.24. The molecule has 0 bridgehead atoms. The molecule has 1 aliphatic rings. The molecule has 1 heterocycles. The number of nitrogens with one attached hydrogen (secondary N) is 1. The second-order valence-corrected chi connectivity index (χ2v) is 5.67. The molecule has 0 radical (unpaired) electrons. The molecule has 1 aliphatic heterocycles. The smallest absolute Gasteiger partial charge is 0.156 e. The Balaban J connectivity index is 1.63. The molecule has 104 valence electrons. The molecule has 0 saturated carbocycles. The summed E-state index contributed by atoms with van der Waals surface area (Å²) in [6.07, 6.45) is 3.38. The van der Waals surface area contributed by atoms with E-state index in [0.717, 1.165) is 30.5 Å². The van der Waals surface area contributed by atoms with Gasteiger partial charge in [-0.2, -0.15) is 0 Å². The first-order chi connectivity index (χ1) is 9.38. The zero-order chi connectivity index (χ0) is 13.3. The first kappa shape index (κ1) is 14.3. The Morgan fingerprint density at radius 2 is 2.21 bits per heavy atom. The van der Waals surface area contributed by atoms with Crippen LogP contribution in [0.4, 0.5) is 0 Å². The summed E-state index contributed by atoms with van der Waals surface area (Å²) in [4.78, 5) is 4.60. The quantitative estimate of drug-likeness (QED) is 0.811. The molecule has 19 heavy (non-hydrogen) atoms. The minimum atomic E-state index is 0.612. The number of rotatable bonds is 6. The van der Waals surface area contributed by atoms with Gasteiger partial charge in [0.05, 0.1) is 6.61 Å². The molecule has 0 aliphatic carbocycles. The molecule has 0 amide bonds. The Kier molecular flexibility index (Phi) is 6.08. The predicted molar refractivity (Wildman–Crippen MR) is 83.1 cm³/mol. The molecule has 1 fully saturated rings. The fourth-order valence-corrected chi connectivity index (χ4v) is 2.96. The summed E-state index contributed by atoms with van der Waals surface area (Å²) in [6, 6.07) is 10.5. The molecule has 1 saturated heterocycles. The third-order valence-electron chi connectivity index (χ3n) is 3.10. The van der Waals surface area contributed by atoms with Crippen LogP contribution >= 0.6 is 11.8 Å². The highest BCUT2D eigenvalue weighted by molar-refractivity contribution is 8.13. The maximum absolute atomic E-state index is 5.64. The fourth-order valence-electron chi connectivity index (χ4n) is 1.94. The SMILES string of the molecule is CCC1CCSC(=NCCCOc2ccccc2)N1. The standard InChI is InChI=1S/C15H22N2OS/c1-2-13-9-12-19-15(17-13)16-10-6-11-18-14-7-4-3-5-8-14/h3-5,7-8,13H,2,6,9-12H2,1H3,(H,16,17). The van der Waals surface area contributed by atoms with Crippen LogP contribution in [-0.4, -0.2) is 30.1 Å². The van der Waals surface area contributed by atoms with Crippen LogP contribution in [0.15, 0.2) is 35.3 Å². The van der Waals surface area contributed by atoms with Crippen molar-refractivity contribution >= 4 is 16.9 Å². The van der Waals surface area contributed by atoms with Gasteiger partial charge in [0.1, 0.15) is 5.75 Å². The van der Waals surface area contributed by atoms with Crippen LogP contribution in [0.2, 0.25) is 0 Å². The number of nitrogens with zero attached hydrogens (tertiary/aromatic N) is 1. The Labute approximate surface area is 119 Å². The van der Waals surface area contributed by atoms with E-state index in [4.69, 9.17) is 4.74 Å². The van der Waals surface area contributed by atoms with Crippen LogP contribution in [0.25, 0.3) is 0 Å². The third-order valence-corrected chi connectivity index (χ3v) is 4.06. The zero-order valence-corrected chi connectivity index (χ0v) is 12.3. The van der Waals surface area contributed by atoms with E-state index in [0.29, 0.717) is 6.04 Å². The minimum Gasteiger partial charge on any atom is -0.494 e. The normalized spacial score (nSPS) is 21.1. The lowest BCUT2D eigenvalue weighted by atomic mass is 10.2. The first-order valence-electron chi connectivity index (χ1n) is 7.00. The van der Waals surface area contributed by atoms with E-state index < -0.39 is 0 Å². The minimum absolute atomic E-state index is 0.612. The Morgan fingerprint density at radius 3 is 3.00 bits per heavy atom. The second kappa shape index (κ2) is 8.10. The van der Waals surface area contributed by atoms with Crippen LogP contribution < -0.4 is 10.1 Å². The van der Waals surface area contributed by atoms with Crippen molar-refractivity contribution < 1.29 is 4.74 Å². The van der Waals surface area contributed by atoms with Gasteiger partial charge in [-0.3, -0.25) is 4.99 Å². The second-order valence-electron chi connectivity index (χ2n) is 4.59. The van der Waals surface area contributed by atoms with Gasteiger partial charge < -0.3 is 10.1 Å². The van der Waals surface area contributed by atoms with Crippen LogP contribution in [0, 0.1) is 0 Å². The summed E-state index contributed by atoms with van der Waals surface area (Å²) in [5, 5.41) is 4.59. The lowest BCUT2D eigenvalue weighted by molar-refractivity contribution is 0.313. The maximum Gasteiger partial charge on any atom is 0.156 e. The van der Waals surface area contributed by atoms with E-state index in [1.54, 1.807) is 0 Å². The number of hydrogen-bond donors (Lipinski definition) is 1. The third kappa shape index (κ3) is 5.15. The van der Waals surface area contributed by atoms with E-state index >= 15 is 0 Å². The molecule has 1 N–H and O–H groups in total. The molecule has 0 aromatic heterocycles. The monoisotopic (exact) mass is 278 g/mol. The van der Waals surface area contributed by atoms with Gasteiger partial charge in [-0.05, 0) is 25.0 Å². The molecule has 1 unspecified atom stereocenters. The molecule has 1 aromatic rings. The summed E-state index contributed by atoms with van der Waals surface area (Å²) in [6.45, 7) is 3.78. The van der Waals surface area contributed by atoms with E-state index in [1.807, 2.05) is 42.1 Å².